The molecule has 2 aromatic rings. The Morgan fingerprint density at radius 1 is 1.33 bits per heavy atom. The molecule has 122 valence electrons. The van der Waals surface area contributed by atoms with Gasteiger partial charge < -0.3 is 5.32 Å². The van der Waals surface area contributed by atoms with E-state index in [1.54, 1.807) is 6.20 Å². The number of anilines is 1. The number of nitrogens with one attached hydrogen (secondary N) is 1. The van der Waals surface area contributed by atoms with E-state index >= 15 is 0 Å². The van der Waals surface area contributed by atoms with Crippen LogP contribution in [0.25, 0.3) is 17.2 Å². The lowest BCUT2D eigenvalue weighted by atomic mass is 9.96. The van der Waals surface area contributed by atoms with Crippen molar-refractivity contribution < 1.29 is 4.79 Å². The summed E-state index contributed by atoms with van der Waals surface area (Å²) < 4.78 is 0. The molecule has 1 saturated carbocycles. The average Bonchev–Trinajstić information content (AvgIpc) is 3.26. The van der Waals surface area contributed by atoms with Gasteiger partial charge in [-0.1, -0.05) is 25.0 Å². The van der Waals surface area contributed by atoms with E-state index in [2.05, 4.69) is 22.5 Å². The van der Waals surface area contributed by atoms with E-state index in [1.165, 1.54) is 43.0 Å². The van der Waals surface area contributed by atoms with Crippen LogP contribution in [0.3, 0.4) is 0 Å². The number of hydrogen-bond acceptors (Lipinski definition) is 3. The van der Waals surface area contributed by atoms with Gasteiger partial charge in [0.15, 0.2) is 0 Å². The first-order valence-electron chi connectivity index (χ1n) is 8.62. The topological polar surface area (TPSA) is 54.9 Å². The minimum atomic E-state index is -0.113. The van der Waals surface area contributed by atoms with Crippen LogP contribution >= 0.6 is 0 Å². The fourth-order valence-electron chi connectivity index (χ4n) is 3.36. The van der Waals surface area contributed by atoms with Gasteiger partial charge in [0.2, 0.25) is 5.91 Å². The molecule has 0 radical (unpaired) electrons. The number of amides is 1. The highest BCUT2D eigenvalue weighted by Crippen LogP contribution is 2.36. The number of allylic oxidation sites excluding steroid dienone is 1. The quantitative estimate of drug-likeness (QED) is 0.906. The molecule has 2 aliphatic rings. The number of rotatable bonds is 5. The molecule has 4 heteroatoms. The van der Waals surface area contributed by atoms with Crippen molar-refractivity contribution in [2.24, 2.45) is 5.92 Å². The third-order valence-electron chi connectivity index (χ3n) is 4.78. The number of fused-ring (bicyclic) bond motifs is 1. The lowest BCUT2D eigenvalue weighted by Gasteiger charge is -2.13. The summed E-state index contributed by atoms with van der Waals surface area (Å²) >= 11 is 0. The monoisotopic (exact) mass is 319 g/mol. The summed E-state index contributed by atoms with van der Waals surface area (Å²) in [6.45, 7) is 1.49. The summed E-state index contributed by atoms with van der Waals surface area (Å²) in [5.41, 5.74) is 6.05. The molecule has 2 aromatic heterocycles. The lowest BCUT2D eigenvalue weighted by molar-refractivity contribution is -0.114. The largest absolute Gasteiger partial charge is 0.311 e. The van der Waals surface area contributed by atoms with Crippen LogP contribution in [-0.2, 0) is 17.6 Å². The standard InChI is InChI=1S/C20H21N3O/c1-13(24)23-20-11-15(9-10-21-20)18-12-22-19(8-7-14-5-6-14)17-4-2-3-16(17)18/h2-3,9-12,14H,4-8H2,1H3,(H,21,23,24). The van der Waals surface area contributed by atoms with Crippen molar-refractivity contribution in [3.63, 3.8) is 0 Å². The van der Waals surface area contributed by atoms with E-state index < -0.39 is 0 Å². The predicted octanol–water partition coefficient (Wildman–Crippen LogP) is 4.01. The van der Waals surface area contributed by atoms with Crippen LogP contribution in [0.4, 0.5) is 5.82 Å². The van der Waals surface area contributed by atoms with Crippen molar-refractivity contribution in [3.05, 3.63) is 47.4 Å². The average molecular weight is 319 g/mol. The van der Waals surface area contributed by atoms with Gasteiger partial charge in [0.25, 0.3) is 0 Å². The maximum atomic E-state index is 11.3. The molecule has 1 N–H and O–H groups in total. The normalized spacial score (nSPS) is 15.4. The van der Waals surface area contributed by atoms with Crippen molar-refractivity contribution in [2.45, 2.75) is 39.0 Å². The summed E-state index contributed by atoms with van der Waals surface area (Å²) in [4.78, 5) is 20.2. The third-order valence-corrected chi connectivity index (χ3v) is 4.78. The van der Waals surface area contributed by atoms with Crippen molar-refractivity contribution in [3.8, 4) is 11.1 Å². The molecule has 4 rings (SSSR count). The molecule has 2 heterocycles. The van der Waals surface area contributed by atoms with Gasteiger partial charge in [0, 0.05) is 30.6 Å². The van der Waals surface area contributed by atoms with Gasteiger partial charge in [-0.3, -0.25) is 9.78 Å². The van der Waals surface area contributed by atoms with E-state index in [4.69, 9.17) is 4.98 Å². The molecule has 1 amide bonds. The zero-order valence-electron chi connectivity index (χ0n) is 13.9. The van der Waals surface area contributed by atoms with E-state index in [-0.39, 0.29) is 5.91 Å². The third kappa shape index (κ3) is 3.09. The van der Waals surface area contributed by atoms with E-state index in [0.29, 0.717) is 5.82 Å². The molecular formula is C20H21N3O. The molecule has 0 aliphatic heterocycles. The van der Waals surface area contributed by atoms with E-state index in [0.717, 1.165) is 29.9 Å². The molecule has 0 bridgehead atoms. The molecule has 0 atom stereocenters. The Morgan fingerprint density at radius 2 is 2.21 bits per heavy atom. The first-order valence-corrected chi connectivity index (χ1v) is 8.62. The molecule has 0 saturated heterocycles. The Morgan fingerprint density at radius 3 is 3.00 bits per heavy atom. The second-order valence-electron chi connectivity index (χ2n) is 6.71. The smallest absolute Gasteiger partial charge is 0.222 e. The minimum Gasteiger partial charge on any atom is -0.311 e. The van der Waals surface area contributed by atoms with E-state index in [9.17, 15) is 4.79 Å². The maximum Gasteiger partial charge on any atom is 0.222 e. The van der Waals surface area contributed by atoms with Gasteiger partial charge in [-0.2, -0.15) is 0 Å². The van der Waals surface area contributed by atoms with Crippen LogP contribution in [0.1, 0.15) is 43.0 Å². The highest BCUT2D eigenvalue weighted by molar-refractivity contribution is 5.89. The van der Waals surface area contributed by atoms with Crippen molar-refractivity contribution in [2.75, 3.05) is 5.32 Å². The van der Waals surface area contributed by atoms with Crippen LogP contribution in [0.15, 0.2) is 30.6 Å². The summed E-state index contributed by atoms with van der Waals surface area (Å²) in [7, 11) is 0. The Balaban J connectivity index is 1.67. The van der Waals surface area contributed by atoms with Crippen LogP contribution in [0.2, 0.25) is 0 Å². The van der Waals surface area contributed by atoms with Gasteiger partial charge in [-0.25, -0.2) is 4.98 Å². The maximum absolute atomic E-state index is 11.3. The summed E-state index contributed by atoms with van der Waals surface area (Å²) in [5.74, 6) is 1.39. The zero-order valence-corrected chi connectivity index (χ0v) is 13.9. The number of nitrogens with zero attached hydrogens (tertiary/aromatic N) is 2. The zero-order chi connectivity index (χ0) is 16.5. The lowest BCUT2D eigenvalue weighted by Crippen LogP contribution is -2.07. The first kappa shape index (κ1) is 15.1. The fourth-order valence-corrected chi connectivity index (χ4v) is 3.36. The second kappa shape index (κ2) is 6.19. The number of hydrogen-bond donors (Lipinski definition) is 1. The molecule has 0 spiro atoms. The number of aromatic nitrogens is 2. The van der Waals surface area contributed by atoms with Crippen molar-refractivity contribution >= 4 is 17.8 Å². The highest BCUT2D eigenvalue weighted by atomic mass is 16.1. The number of carbonyl (C=O) groups is 1. The molecule has 24 heavy (non-hydrogen) atoms. The van der Waals surface area contributed by atoms with Gasteiger partial charge in [0.1, 0.15) is 5.82 Å². The molecule has 0 aromatic carbocycles. The molecule has 4 nitrogen and oxygen atoms in total. The Labute approximate surface area is 142 Å². The van der Waals surface area contributed by atoms with Crippen molar-refractivity contribution in [1.82, 2.24) is 9.97 Å². The Kier molecular flexibility index (Phi) is 3.89. The summed E-state index contributed by atoms with van der Waals surface area (Å²) in [6.07, 6.45) is 14.2. The van der Waals surface area contributed by atoms with Crippen LogP contribution in [0, 0.1) is 5.92 Å². The van der Waals surface area contributed by atoms with E-state index in [1.807, 2.05) is 18.3 Å². The summed E-state index contributed by atoms with van der Waals surface area (Å²) in [6, 6.07) is 3.88. The van der Waals surface area contributed by atoms with Gasteiger partial charge in [0.05, 0.1) is 0 Å². The van der Waals surface area contributed by atoms with Gasteiger partial charge in [-0.05, 0) is 54.0 Å². The molecule has 1 fully saturated rings. The number of pyridine rings is 2. The molecule has 0 unspecified atom stereocenters. The van der Waals surface area contributed by atoms with Crippen LogP contribution in [0.5, 0.6) is 0 Å². The minimum absolute atomic E-state index is 0.113. The fraction of sp³-hybridized carbons (Fsp3) is 0.350. The first-order chi connectivity index (χ1) is 11.7. The Bertz CT molecular complexity index is 822. The highest BCUT2D eigenvalue weighted by Gasteiger charge is 2.23. The molecular weight excluding hydrogens is 298 g/mol. The molecule has 2 aliphatic carbocycles. The summed E-state index contributed by atoms with van der Waals surface area (Å²) in [5, 5.41) is 2.75. The van der Waals surface area contributed by atoms with Crippen molar-refractivity contribution in [1.29, 1.82) is 0 Å². The van der Waals surface area contributed by atoms with Crippen LogP contribution in [-0.4, -0.2) is 15.9 Å². The number of aryl methyl sites for hydroxylation is 1. The van der Waals surface area contributed by atoms with Gasteiger partial charge in [-0.15, -0.1) is 0 Å². The van der Waals surface area contributed by atoms with Crippen LogP contribution < -0.4 is 5.32 Å². The SMILES string of the molecule is CC(=O)Nc1cc(-c2cnc(CCC3CC3)c3c2C=CC3)ccn1. The number of carbonyl (C=O) groups excluding carboxylic acids is 1. The Hall–Kier alpha value is -2.49. The van der Waals surface area contributed by atoms with Gasteiger partial charge >= 0.3 is 0 Å². The predicted molar refractivity (Wildman–Crippen MR) is 95.6 cm³/mol. The second-order valence-corrected chi connectivity index (χ2v) is 6.71.